The molecule has 0 spiro atoms. The Morgan fingerprint density at radius 2 is 1.95 bits per heavy atom. The second kappa shape index (κ2) is 12.4. The molecular weight excluding hydrogens is 530 g/mol. The molecule has 3 N–H and O–H groups in total. The van der Waals surface area contributed by atoms with Gasteiger partial charge in [0.15, 0.2) is 0 Å². The number of amides is 2. The summed E-state index contributed by atoms with van der Waals surface area (Å²) in [5.41, 5.74) is 5.95. The normalized spacial score (nSPS) is 12.9. The van der Waals surface area contributed by atoms with Crippen LogP contribution < -0.4 is 16.0 Å². The molecule has 0 aliphatic carbocycles. The summed E-state index contributed by atoms with van der Waals surface area (Å²) in [7, 11) is 5.18. The number of fused-ring (bicyclic) bond motifs is 2. The molecule has 8 nitrogen and oxygen atoms in total. The summed E-state index contributed by atoms with van der Waals surface area (Å²) in [5.74, 6) is -0.0293. The Balaban J connectivity index is 1.43. The van der Waals surface area contributed by atoms with E-state index >= 15 is 0 Å². The van der Waals surface area contributed by atoms with E-state index < -0.39 is 0 Å². The Kier molecular flexibility index (Phi) is 8.69. The third-order valence-electron chi connectivity index (χ3n) is 6.64. The number of aromatic nitrogens is 1. The van der Waals surface area contributed by atoms with Crippen LogP contribution in [-0.2, 0) is 22.5 Å². The van der Waals surface area contributed by atoms with Gasteiger partial charge in [0.25, 0.3) is 5.91 Å². The molecule has 39 heavy (non-hydrogen) atoms. The Hall–Kier alpha value is -3.15. The number of ether oxygens (including phenoxy) is 1. The zero-order chi connectivity index (χ0) is 27.4. The first-order chi connectivity index (χ1) is 18.9. The molecule has 3 heterocycles. The van der Waals surface area contributed by atoms with Gasteiger partial charge < -0.3 is 25.6 Å². The predicted octanol–water partition coefficient (Wildman–Crippen LogP) is 4.60. The lowest BCUT2D eigenvalue weighted by Crippen LogP contribution is -2.24. The summed E-state index contributed by atoms with van der Waals surface area (Å²) in [6, 6.07) is 13.9. The molecule has 0 unspecified atom stereocenters. The maximum absolute atomic E-state index is 12.8. The number of benzene rings is 2. The average molecular weight is 564 g/mol. The molecule has 0 radical (unpaired) electrons. The summed E-state index contributed by atoms with van der Waals surface area (Å²) in [4.78, 5) is 33.1. The molecule has 0 saturated heterocycles. The van der Waals surface area contributed by atoms with E-state index in [2.05, 4.69) is 28.1 Å². The van der Waals surface area contributed by atoms with Crippen LogP contribution in [0, 0.1) is 0 Å². The largest absolute Gasteiger partial charge is 0.383 e. The van der Waals surface area contributed by atoms with Crippen molar-refractivity contribution in [3.8, 4) is 21.7 Å². The second-order valence-electron chi connectivity index (χ2n) is 9.66. The number of thiophene rings is 1. The minimum atomic E-state index is -0.0185. The monoisotopic (exact) mass is 563 g/mol. The molecule has 204 valence electrons. The fourth-order valence-corrected chi connectivity index (χ4v) is 7.02. The van der Waals surface area contributed by atoms with Gasteiger partial charge in [-0.15, -0.1) is 22.7 Å². The minimum absolute atomic E-state index is 0.0109. The third kappa shape index (κ3) is 6.21. The number of anilines is 1. The Bertz CT molecular complexity index is 1490. The Morgan fingerprint density at radius 3 is 2.77 bits per heavy atom. The fraction of sp³-hybridized carbons (Fsp3) is 0.345. The lowest BCUT2D eigenvalue weighted by molar-refractivity contribution is -0.116. The van der Waals surface area contributed by atoms with Crippen LogP contribution in [0.1, 0.15) is 27.2 Å². The molecule has 2 amide bonds. The topological polar surface area (TPSA) is 95.6 Å². The van der Waals surface area contributed by atoms with Crippen molar-refractivity contribution < 1.29 is 14.3 Å². The van der Waals surface area contributed by atoms with Gasteiger partial charge in [-0.05, 0) is 53.9 Å². The summed E-state index contributed by atoms with van der Waals surface area (Å²) < 4.78 is 6.12. The lowest BCUT2D eigenvalue weighted by Gasteiger charge is -2.13. The Labute approximate surface area is 236 Å². The van der Waals surface area contributed by atoms with Crippen molar-refractivity contribution in [1.29, 1.82) is 0 Å². The number of thiazole rings is 1. The van der Waals surface area contributed by atoms with Crippen molar-refractivity contribution in [2.24, 2.45) is 0 Å². The maximum Gasteiger partial charge on any atom is 0.253 e. The number of methoxy groups -OCH3 is 1. The standard InChI is InChI=1S/C29H33N5O3S2/c1-34(2)29(36)20-6-4-5-18(15-20)19-7-8-22-23(16-19)38-27(32-22)26-21-9-11-31-17-24(21)39-28(26)33-25(35)10-12-30-13-14-37-3/h4-8,15-16,30-31H,9-14,17H2,1-3H3,(H,33,35). The molecular formula is C29H33N5O3S2. The van der Waals surface area contributed by atoms with Crippen molar-refractivity contribution >= 4 is 49.7 Å². The number of carbonyl (C=O) groups is 2. The van der Waals surface area contributed by atoms with E-state index in [0.29, 0.717) is 25.1 Å². The first kappa shape index (κ1) is 27.4. The van der Waals surface area contributed by atoms with Gasteiger partial charge in [-0.3, -0.25) is 9.59 Å². The zero-order valence-electron chi connectivity index (χ0n) is 22.4. The van der Waals surface area contributed by atoms with Gasteiger partial charge in [-0.2, -0.15) is 0 Å². The van der Waals surface area contributed by atoms with Crippen LogP contribution in [0.4, 0.5) is 5.00 Å². The highest BCUT2D eigenvalue weighted by atomic mass is 32.1. The van der Waals surface area contributed by atoms with Gasteiger partial charge in [0.1, 0.15) is 10.0 Å². The van der Waals surface area contributed by atoms with Crippen molar-refractivity contribution in [2.45, 2.75) is 19.4 Å². The summed E-state index contributed by atoms with van der Waals surface area (Å²) in [6.45, 7) is 3.65. The van der Waals surface area contributed by atoms with Crippen LogP contribution in [-0.4, -0.2) is 69.1 Å². The second-order valence-corrected chi connectivity index (χ2v) is 11.8. The number of hydrogen-bond acceptors (Lipinski definition) is 8. The molecule has 1 aliphatic heterocycles. The minimum Gasteiger partial charge on any atom is -0.383 e. The van der Waals surface area contributed by atoms with E-state index in [1.54, 1.807) is 48.8 Å². The van der Waals surface area contributed by atoms with Crippen molar-refractivity contribution in [1.82, 2.24) is 20.5 Å². The SMILES string of the molecule is COCCNCCC(=O)Nc1sc2c(c1-c1nc3ccc(-c4cccc(C(=O)N(C)C)c4)cc3s1)CCNC2. The van der Waals surface area contributed by atoms with Crippen LogP contribution in [0.5, 0.6) is 0 Å². The molecule has 1 aliphatic rings. The van der Waals surface area contributed by atoms with Crippen LogP contribution in [0.3, 0.4) is 0 Å². The lowest BCUT2D eigenvalue weighted by atomic mass is 10.0. The summed E-state index contributed by atoms with van der Waals surface area (Å²) in [5, 5.41) is 11.6. The third-order valence-corrected chi connectivity index (χ3v) is 8.83. The van der Waals surface area contributed by atoms with Crippen LogP contribution in [0.2, 0.25) is 0 Å². The molecule has 0 fully saturated rings. The average Bonchev–Trinajstić information content (AvgIpc) is 3.52. The highest BCUT2D eigenvalue weighted by Gasteiger charge is 2.25. The first-order valence-corrected chi connectivity index (χ1v) is 14.7. The van der Waals surface area contributed by atoms with E-state index in [9.17, 15) is 9.59 Å². The van der Waals surface area contributed by atoms with Gasteiger partial charge in [-0.25, -0.2) is 4.98 Å². The quantitative estimate of drug-likeness (QED) is 0.244. The van der Waals surface area contributed by atoms with Crippen molar-refractivity contribution in [3.63, 3.8) is 0 Å². The molecule has 5 rings (SSSR count). The summed E-state index contributed by atoms with van der Waals surface area (Å²) >= 11 is 3.29. The van der Waals surface area contributed by atoms with Crippen LogP contribution >= 0.6 is 22.7 Å². The van der Waals surface area contributed by atoms with Crippen molar-refractivity contribution in [2.75, 3.05) is 52.8 Å². The zero-order valence-corrected chi connectivity index (χ0v) is 24.1. The molecule has 0 bridgehead atoms. The molecule has 2 aromatic carbocycles. The summed E-state index contributed by atoms with van der Waals surface area (Å²) in [6.07, 6.45) is 1.30. The number of hydrogen-bond donors (Lipinski definition) is 3. The van der Waals surface area contributed by atoms with Gasteiger partial charge in [0, 0.05) is 63.3 Å². The predicted molar refractivity (Wildman–Crippen MR) is 160 cm³/mol. The van der Waals surface area contributed by atoms with Gasteiger partial charge >= 0.3 is 0 Å². The highest BCUT2D eigenvalue weighted by molar-refractivity contribution is 7.23. The first-order valence-electron chi connectivity index (χ1n) is 13.0. The van der Waals surface area contributed by atoms with E-state index in [-0.39, 0.29) is 11.8 Å². The number of nitrogens with zero attached hydrogens (tertiary/aromatic N) is 2. The van der Waals surface area contributed by atoms with E-state index in [1.165, 1.54) is 10.4 Å². The maximum atomic E-state index is 12.8. The highest BCUT2D eigenvalue weighted by Crippen LogP contribution is 2.45. The van der Waals surface area contributed by atoms with E-state index in [0.717, 1.165) is 63.0 Å². The van der Waals surface area contributed by atoms with E-state index in [1.807, 2.05) is 30.3 Å². The smallest absolute Gasteiger partial charge is 0.253 e. The molecule has 0 saturated carbocycles. The van der Waals surface area contributed by atoms with Gasteiger partial charge in [0.2, 0.25) is 5.91 Å². The van der Waals surface area contributed by atoms with Crippen molar-refractivity contribution in [3.05, 3.63) is 58.5 Å². The Morgan fingerprint density at radius 1 is 1.10 bits per heavy atom. The van der Waals surface area contributed by atoms with E-state index in [4.69, 9.17) is 9.72 Å². The molecule has 0 atom stereocenters. The fourth-order valence-electron chi connectivity index (χ4n) is 4.64. The molecule has 10 heteroatoms. The number of carbonyl (C=O) groups excluding carboxylic acids is 2. The van der Waals surface area contributed by atoms with Crippen LogP contribution in [0.25, 0.3) is 31.9 Å². The number of rotatable bonds is 10. The van der Waals surface area contributed by atoms with Gasteiger partial charge in [-0.1, -0.05) is 18.2 Å². The molecule has 2 aromatic heterocycles. The van der Waals surface area contributed by atoms with Gasteiger partial charge in [0.05, 0.1) is 16.8 Å². The van der Waals surface area contributed by atoms with Crippen LogP contribution in [0.15, 0.2) is 42.5 Å². The molecule has 4 aromatic rings. The number of nitrogens with one attached hydrogen (secondary N) is 3.